The van der Waals surface area contributed by atoms with Gasteiger partial charge in [-0.2, -0.15) is 0 Å². The molecular weight excluding hydrogens is 190 g/mol. The van der Waals surface area contributed by atoms with E-state index in [4.69, 9.17) is 16.2 Å². The van der Waals surface area contributed by atoms with Crippen molar-refractivity contribution in [1.29, 1.82) is 0 Å². The summed E-state index contributed by atoms with van der Waals surface area (Å²) >= 11 is 0. The van der Waals surface area contributed by atoms with Gasteiger partial charge in [-0.3, -0.25) is 0 Å². The van der Waals surface area contributed by atoms with Gasteiger partial charge in [-0.25, -0.2) is 0 Å². The van der Waals surface area contributed by atoms with E-state index in [-0.39, 0.29) is 6.10 Å². The van der Waals surface area contributed by atoms with E-state index in [1.54, 1.807) is 6.20 Å². The predicted molar refractivity (Wildman–Crippen MR) is 63.9 cm³/mol. The monoisotopic (exact) mass is 213 g/mol. The average molecular weight is 213 g/mol. The van der Waals surface area contributed by atoms with E-state index in [1.165, 1.54) is 0 Å². The number of rotatable bonds is 6. The molecule has 0 spiro atoms. The fraction of sp³-hybridized carbons (Fsp3) is 0.636. The molecule has 0 aliphatic carbocycles. The van der Waals surface area contributed by atoms with Crippen molar-refractivity contribution in [3.05, 3.63) is 23.7 Å². The molecule has 0 aromatic rings. The molecule has 0 heterocycles. The Kier molecular flexibility index (Phi) is 6.62. The molecule has 4 heteroatoms. The molecule has 1 unspecified atom stereocenters. The van der Waals surface area contributed by atoms with Crippen LogP contribution in [0.5, 0.6) is 0 Å². The van der Waals surface area contributed by atoms with E-state index < -0.39 is 0 Å². The number of hydrogen-bond acceptors (Lipinski definition) is 4. The smallest absolute Gasteiger partial charge is 0.0985 e. The van der Waals surface area contributed by atoms with E-state index in [9.17, 15) is 0 Å². The second kappa shape index (κ2) is 7.17. The Morgan fingerprint density at radius 3 is 2.33 bits per heavy atom. The first kappa shape index (κ1) is 13.8. The van der Waals surface area contributed by atoms with Gasteiger partial charge in [-0.05, 0) is 31.2 Å². The zero-order chi connectivity index (χ0) is 11.8. The van der Waals surface area contributed by atoms with Crippen LogP contribution in [0, 0.1) is 0 Å². The Balaban J connectivity index is 4.68. The quantitative estimate of drug-likeness (QED) is 0.646. The Morgan fingerprint density at radius 1 is 1.40 bits per heavy atom. The molecule has 15 heavy (non-hydrogen) atoms. The molecule has 4 nitrogen and oxygen atoms in total. The lowest BCUT2D eigenvalue weighted by atomic mass is 10.1. The first-order chi connectivity index (χ1) is 7.06. The number of ether oxygens (including phenoxy) is 1. The number of nitrogens with two attached hydrogens (primary N) is 2. The second-order valence-corrected chi connectivity index (χ2v) is 3.48. The highest BCUT2D eigenvalue weighted by molar-refractivity contribution is 5.24. The van der Waals surface area contributed by atoms with Crippen LogP contribution in [0.15, 0.2) is 23.7 Å². The average Bonchev–Trinajstić information content (AvgIpc) is 2.22. The third-order valence-electron chi connectivity index (χ3n) is 2.13. The maximum absolute atomic E-state index is 5.82. The van der Waals surface area contributed by atoms with Crippen LogP contribution in [0.2, 0.25) is 0 Å². The van der Waals surface area contributed by atoms with Gasteiger partial charge < -0.3 is 21.1 Å². The van der Waals surface area contributed by atoms with Crippen molar-refractivity contribution < 1.29 is 4.74 Å². The maximum atomic E-state index is 5.82. The van der Waals surface area contributed by atoms with Crippen molar-refractivity contribution in [3.8, 4) is 0 Å². The summed E-state index contributed by atoms with van der Waals surface area (Å²) in [6.07, 6.45) is 4.32. The van der Waals surface area contributed by atoms with Crippen molar-refractivity contribution in [3.63, 3.8) is 0 Å². The van der Waals surface area contributed by atoms with Gasteiger partial charge in [-0.1, -0.05) is 6.92 Å². The summed E-state index contributed by atoms with van der Waals surface area (Å²) in [6, 6.07) is 0. The van der Waals surface area contributed by atoms with Crippen molar-refractivity contribution in [2.45, 2.75) is 26.4 Å². The molecule has 0 aromatic carbocycles. The molecule has 0 aromatic heterocycles. The zero-order valence-corrected chi connectivity index (χ0v) is 10.2. The molecule has 1 atom stereocenters. The molecule has 0 amide bonds. The Bertz CT molecular complexity index is 234. The van der Waals surface area contributed by atoms with Gasteiger partial charge in [0.15, 0.2) is 0 Å². The Hall–Kier alpha value is -1.16. The molecule has 0 fully saturated rings. The van der Waals surface area contributed by atoms with Gasteiger partial charge in [0, 0.05) is 20.7 Å². The highest BCUT2D eigenvalue weighted by Crippen LogP contribution is 2.12. The first-order valence-corrected chi connectivity index (χ1v) is 5.24. The van der Waals surface area contributed by atoms with Crippen molar-refractivity contribution in [2.24, 2.45) is 11.5 Å². The molecule has 0 saturated heterocycles. The van der Waals surface area contributed by atoms with E-state index in [1.807, 2.05) is 32.0 Å². The minimum absolute atomic E-state index is 0.0264. The summed E-state index contributed by atoms with van der Waals surface area (Å²) in [5.41, 5.74) is 12.3. The number of nitrogens with zero attached hydrogens (tertiary/aromatic N) is 1. The normalized spacial score (nSPS) is 15.2. The lowest BCUT2D eigenvalue weighted by Crippen LogP contribution is -2.21. The molecular formula is C11H23N3O. The molecule has 88 valence electrons. The highest BCUT2D eigenvalue weighted by Gasteiger charge is 2.10. The lowest BCUT2D eigenvalue weighted by molar-refractivity contribution is 0.0877. The molecule has 0 radical (unpaired) electrons. The molecule has 0 aliphatic rings. The third-order valence-corrected chi connectivity index (χ3v) is 2.13. The SMILES string of the molecule is CCOC(CC)C(=C/N)/C=C(\N)N(C)C. The lowest BCUT2D eigenvalue weighted by Gasteiger charge is -2.18. The fourth-order valence-corrected chi connectivity index (χ4v) is 1.20. The summed E-state index contributed by atoms with van der Waals surface area (Å²) in [5.74, 6) is 0.671. The minimum atomic E-state index is 0.0264. The van der Waals surface area contributed by atoms with Crippen LogP contribution < -0.4 is 11.5 Å². The Labute approximate surface area is 92.6 Å². The predicted octanol–water partition coefficient (Wildman–Crippen LogP) is 1.01. The second-order valence-electron chi connectivity index (χ2n) is 3.48. The van der Waals surface area contributed by atoms with Gasteiger partial charge in [0.1, 0.15) is 0 Å². The van der Waals surface area contributed by atoms with Crippen molar-refractivity contribution in [1.82, 2.24) is 4.90 Å². The van der Waals surface area contributed by atoms with Crippen molar-refractivity contribution >= 4 is 0 Å². The highest BCUT2D eigenvalue weighted by atomic mass is 16.5. The summed E-state index contributed by atoms with van der Waals surface area (Å²) in [7, 11) is 3.78. The van der Waals surface area contributed by atoms with E-state index in [0.29, 0.717) is 12.4 Å². The van der Waals surface area contributed by atoms with Crippen LogP contribution in [0.1, 0.15) is 20.3 Å². The van der Waals surface area contributed by atoms with Gasteiger partial charge in [0.25, 0.3) is 0 Å². The van der Waals surface area contributed by atoms with Crippen LogP contribution >= 0.6 is 0 Å². The summed E-state index contributed by atoms with van der Waals surface area (Å²) in [4.78, 5) is 1.84. The number of hydrogen-bond donors (Lipinski definition) is 2. The molecule has 0 aliphatic heterocycles. The summed E-state index contributed by atoms with van der Waals surface area (Å²) < 4.78 is 5.56. The summed E-state index contributed by atoms with van der Waals surface area (Å²) in [6.45, 7) is 4.70. The molecule has 4 N–H and O–H groups in total. The van der Waals surface area contributed by atoms with Crippen LogP contribution in [-0.4, -0.2) is 31.7 Å². The zero-order valence-electron chi connectivity index (χ0n) is 10.2. The molecule has 0 rings (SSSR count). The minimum Gasteiger partial charge on any atom is -0.404 e. The van der Waals surface area contributed by atoms with Crippen LogP contribution in [0.3, 0.4) is 0 Å². The first-order valence-electron chi connectivity index (χ1n) is 5.24. The van der Waals surface area contributed by atoms with Crippen LogP contribution in [0.25, 0.3) is 0 Å². The topological polar surface area (TPSA) is 64.5 Å². The molecule has 0 bridgehead atoms. The Morgan fingerprint density at radius 2 is 2.00 bits per heavy atom. The van der Waals surface area contributed by atoms with E-state index >= 15 is 0 Å². The largest absolute Gasteiger partial charge is 0.404 e. The van der Waals surface area contributed by atoms with Gasteiger partial charge in [-0.15, -0.1) is 0 Å². The van der Waals surface area contributed by atoms with Gasteiger partial charge in [0.2, 0.25) is 0 Å². The van der Waals surface area contributed by atoms with Gasteiger partial charge >= 0.3 is 0 Å². The molecule has 0 saturated carbocycles. The van der Waals surface area contributed by atoms with E-state index in [0.717, 1.165) is 12.0 Å². The standard InChI is InChI=1S/C11H23N3O/c1-5-10(15-6-2)9(8-12)7-11(13)14(3)4/h7-8,10H,5-6,12-13H2,1-4H3/b9-8+,11-7+. The maximum Gasteiger partial charge on any atom is 0.0985 e. The van der Waals surface area contributed by atoms with Crippen LogP contribution in [-0.2, 0) is 4.74 Å². The van der Waals surface area contributed by atoms with E-state index in [2.05, 4.69) is 6.92 Å². The fourth-order valence-electron chi connectivity index (χ4n) is 1.20. The summed E-state index contributed by atoms with van der Waals surface area (Å²) in [5, 5.41) is 0. The van der Waals surface area contributed by atoms with Gasteiger partial charge in [0.05, 0.1) is 11.9 Å². The third kappa shape index (κ3) is 4.74. The van der Waals surface area contributed by atoms with Crippen LogP contribution in [0.4, 0.5) is 0 Å². The van der Waals surface area contributed by atoms with Crippen molar-refractivity contribution in [2.75, 3.05) is 20.7 Å².